The van der Waals surface area contributed by atoms with Crippen LogP contribution in [-0.4, -0.2) is 35.0 Å². The van der Waals surface area contributed by atoms with E-state index in [0.29, 0.717) is 0 Å². The molecule has 0 aliphatic heterocycles. The zero-order chi connectivity index (χ0) is 14.3. The van der Waals surface area contributed by atoms with E-state index in [-0.39, 0.29) is 12.3 Å². The molecule has 104 valence electrons. The number of nitrogens with zero attached hydrogens (tertiary/aromatic N) is 1. The lowest BCUT2D eigenvalue weighted by Gasteiger charge is -2.32. The van der Waals surface area contributed by atoms with E-state index in [1.54, 1.807) is 7.05 Å². The summed E-state index contributed by atoms with van der Waals surface area (Å²) >= 11 is 0. The molecule has 0 fully saturated rings. The van der Waals surface area contributed by atoms with Crippen LogP contribution in [-0.2, 0) is 9.59 Å². The van der Waals surface area contributed by atoms with Crippen molar-refractivity contribution in [3.8, 4) is 0 Å². The smallest absolute Gasteiger partial charge is 0.326 e. The van der Waals surface area contributed by atoms with Crippen LogP contribution in [0.2, 0.25) is 0 Å². The molecule has 0 radical (unpaired) electrons. The number of rotatable bonds is 8. The van der Waals surface area contributed by atoms with Crippen LogP contribution < -0.4 is 0 Å². The maximum atomic E-state index is 12.3. The fourth-order valence-electron chi connectivity index (χ4n) is 1.93. The number of unbranched alkanes of at least 4 members (excludes halogenated alkanes) is 1. The zero-order valence-corrected chi connectivity index (χ0v) is 11.9. The molecule has 0 aliphatic carbocycles. The molecule has 0 rings (SSSR count). The molecule has 1 atom stereocenters. The first kappa shape index (κ1) is 16.7. The van der Waals surface area contributed by atoms with E-state index < -0.39 is 17.4 Å². The third kappa shape index (κ3) is 4.51. The van der Waals surface area contributed by atoms with E-state index in [1.807, 2.05) is 13.8 Å². The van der Waals surface area contributed by atoms with E-state index >= 15 is 0 Å². The van der Waals surface area contributed by atoms with Crippen LogP contribution >= 0.6 is 0 Å². The summed E-state index contributed by atoms with van der Waals surface area (Å²) in [6.45, 7) is 9.35. The largest absolute Gasteiger partial charge is 0.480 e. The average molecular weight is 255 g/mol. The summed E-state index contributed by atoms with van der Waals surface area (Å²) in [6.07, 6.45) is 4.55. The summed E-state index contributed by atoms with van der Waals surface area (Å²) in [5.41, 5.74) is -0.514. The number of aliphatic carboxylic acids is 1. The summed E-state index contributed by atoms with van der Waals surface area (Å²) in [4.78, 5) is 24.8. The van der Waals surface area contributed by atoms with Crippen molar-refractivity contribution in [2.45, 2.75) is 52.5 Å². The summed E-state index contributed by atoms with van der Waals surface area (Å²) in [6, 6.07) is -0.823. The van der Waals surface area contributed by atoms with Gasteiger partial charge in [0.15, 0.2) is 0 Å². The molecule has 0 aromatic rings. The molecule has 0 aromatic carbocycles. The van der Waals surface area contributed by atoms with Gasteiger partial charge in [0.05, 0.1) is 0 Å². The fourth-order valence-corrected chi connectivity index (χ4v) is 1.93. The Morgan fingerprint density at radius 2 is 2.00 bits per heavy atom. The molecule has 0 aliphatic rings. The van der Waals surface area contributed by atoms with Gasteiger partial charge in [0.2, 0.25) is 5.91 Å². The van der Waals surface area contributed by atoms with Gasteiger partial charge in [-0.15, -0.1) is 6.58 Å². The Morgan fingerprint density at radius 1 is 1.44 bits per heavy atom. The van der Waals surface area contributed by atoms with Gasteiger partial charge in [-0.25, -0.2) is 4.79 Å². The molecule has 0 bridgehead atoms. The average Bonchev–Trinajstić information content (AvgIpc) is 2.31. The molecule has 1 N–H and O–H groups in total. The predicted molar refractivity (Wildman–Crippen MR) is 72.3 cm³/mol. The third-order valence-corrected chi connectivity index (χ3v) is 3.20. The number of likely N-dealkylation sites (N-methyl/N-ethyl adjacent to an activating group) is 1. The predicted octanol–water partition coefficient (Wildman–Crippen LogP) is 2.69. The lowest BCUT2D eigenvalue weighted by molar-refractivity contribution is -0.153. The normalized spacial score (nSPS) is 12.9. The Balaban J connectivity index is 4.83. The van der Waals surface area contributed by atoms with Crippen LogP contribution in [0.3, 0.4) is 0 Å². The lowest BCUT2D eigenvalue weighted by Crippen LogP contribution is -2.47. The van der Waals surface area contributed by atoms with Gasteiger partial charge >= 0.3 is 5.97 Å². The number of amides is 1. The van der Waals surface area contributed by atoms with E-state index in [2.05, 4.69) is 13.5 Å². The Bertz CT molecular complexity index is 310. The Labute approximate surface area is 110 Å². The van der Waals surface area contributed by atoms with Crippen LogP contribution in [0.5, 0.6) is 0 Å². The molecule has 0 saturated heterocycles. The molecule has 1 amide bonds. The maximum Gasteiger partial charge on any atom is 0.326 e. The number of carbonyl (C=O) groups is 2. The van der Waals surface area contributed by atoms with Crippen LogP contribution in [0, 0.1) is 5.41 Å². The van der Waals surface area contributed by atoms with Gasteiger partial charge in [-0.05, 0) is 12.8 Å². The van der Waals surface area contributed by atoms with E-state index in [0.717, 1.165) is 19.3 Å². The van der Waals surface area contributed by atoms with Crippen LogP contribution in [0.1, 0.15) is 46.5 Å². The summed E-state index contributed by atoms with van der Waals surface area (Å²) in [5, 5.41) is 9.12. The molecular weight excluding hydrogens is 230 g/mol. The molecule has 4 nitrogen and oxygen atoms in total. The number of carbonyl (C=O) groups excluding carboxylic acids is 1. The van der Waals surface area contributed by atoms with Gasteiger partial charge in [0.25, 0.3) is 0 Å². The number of carboxylic acids is 1. The minimum Gasteiger partial charge on any atom is -0.480 e. The van der Waals surface area contributed by atoms with Gasteiger partial charge < -0.3 is 10.0 Å². The topological polar surface area (TPSA) is 57.6 Å². The number of hydrogen-bond acceptors (Lipinski definition) is 2. The molecule has 18 heavy (non-hydrogen) atoms. The summed E-state index contributed by atoms with van der Waals surface area (Å²) in [7, 11) is 1.55. The minimum atomic E-state index is -0.989. The van der Waals surface area contributed by atoms with Crippen LogP contribution in [0.4, 0.5) is 0 Å². The van der Waals surface area contributed by atoms with Crippen LogP contribution in [0.25, 0.3) is 0 Å². The molecule has 0 saturated carbocycles. The molecule has 0 spiro atoms. The van der Waals surface area contributed by atoms with Crippen molar-refractivity contribution >= 4 is 11.9 Å². The summed E-state index contributed by atoms with van der Waals surface area (Å²) in [5.74, 6) is -1.11. The van der Waals surface area contributed by atoms with Crippen LogP contribution in [0.15, 0.2) is 12.7 Å². The number of hydrogen-bond donors (Lipinski definition) is 1. The highest BCUT2D eigenvalue weighted by molar-refractivity contribution is 5.86. The van der Waals surface area contributed by atoms with Crippen molar-refractivity contribution in [3.05, 3.63) is 12.7 Å². The van der Waals surface area contributed by atoms with Gasteiger partial charge in [-0.3, -0.25) is 4.79 Å². The maximum absolute atomic E-state index is 12.3. The third-order valence-electron chi connectivity index (χ3n) is 3.20. The highest BCUT2D eigenvalue weighted by Gasteiger charge is 2.34. The van der Waals surface area contributed by atoms with Crippen molar-refractivity contribution in [1.29, 1.82) is 0 Å². The first-order chi connectivity index (χ1) is 8.27. The van der Waals surface area contributed by atoms with E-state index in [1.165, 1.54) is 11.0 Å². The second-order valence-electron chi connectivity index (χ2n) is 5.28. The van der Waals surface area contributed by atoms with Crippen molar-refractivity contribution in [2.24, 2.45) is 5.41 Å². The standard InChI is InChI=1S/C14H25NO3/c1-6-8-10-14(3,4)13(18)15(5)11(9-7-2)12(16)17/h7,11H,2,6,8-10H2,1,3-5H3,(H,16,17)/t11-/m0/s1. The Kier molecular flexibility index (Phi) is 6.66. The minimum absolute atomic E-state index is 0.120. The fraction of sp³-hybridized carbons (Fsp3) is 0.714. The zero-order valence-electron chi connectivity index (χ0n) is 11.9. The van der Waals surface area contributed by atoms with E-state index in [4.69, 9.17) is 5.11 Å². The monoisotopic (exact) mass is 255 g/mol. The lowest BCUT2D eigenvalue weighted by atomic mass is 9.85. The first-order valence-corrected chi connectivity index (χ1v) is 6.38. The SMILES string of the molecule is C=CC[C@@H](C(=O)O)N(C)C(=O)C(C)(C)CCCC. The number of carboxylic acid groups (broad SMARTS) is 1. The molecule has 4 heteroatoms. The summed E-state index contributed by atoms with van der Waals surface area (Å²) < 4.78 is 0. The Morgan fingerprint density at radius 3 is 2.39 bits per heavy atom. The van der Waals surface area contributed by atoms with Gasteiger partial charge in [0.1, 0.15) is 6.04 Å². The van der Waals surface area contributed by atoms with Crippen molar-refractivity contribution in [3.63, 3.8) is 0 Å². The van der Waals surface area contributed by atoms with Gasteiger partial charge in [0, 0.05) is 12.5 Å². The van der Waals surface area contributed by atoms with E-state index in [9.17, 15) is 9.59 Å². The second-order valence-corrected chi connectivity index (χ2v) is 5.28. The molecule has 0 unspecified atom stereocenters. The molecule has 0 aromatic heterocycles. The van der Waals surface area contributed by atoms with Crippen molar-refractivity contribution < 1.29 is 14.7 Å². The van der Waals surface area contributed by atoms with Gasteiger partial charge in [-0.1, -0.05) is 39.7 Å². The second kappa shape index (κ2) is 7.19. The van der Waals surface area contributed by atoms with Gasteiger partial charge in [-0.2, -0.15) is 0 Å². The van der Waals surface area contributed by atoms with Crippen molar-refractivity contribution in [1.82, 2.24) is 4.90 Å². The quantitative estimate of drug-likeness (QED) is 0.678. The highest BCUT2D eigenvalue weighted by atomic mass is 16.4. The molecule has 0 heterocycles. The highest BCUT2D eigenvalue weighted by Crippen LogP contribution is 2.26. The molecular formula is C14H25NO3. The first-order valence-electron chi connectivity index (χ1n) is 6.38. The van der Waals surface area contributed by atoms with Crippen molar-refractivity contribution in [2.75, 3.05) is 7.05 Å². The Hall–Kier alpha value is -1.32.